The first-order chi connectivity index (χ1) is 15.6. The lowest BCUT2D eigenvalue weighted by Gasteiger charge is -2.36. The molecule has 1 saturated heterocycles. The topological polar surface area (TPSA) is 66.0 Å². The van der Waals surface area contributed by atoms with Crippen molar-refractivity contribution in [3.8, 4) is 5.75 Å². The molecule has 2 aliphatic heterocycles. The molecule has 8 heteroatoms. The second-order valence-corrected chi connectivity index (χ2v) is 8.95. The third-order valence-electron chi connectivity index (χ3n) is 5.99. The van der Waals surface area contributed by atoms with E-state index in [9.17, 15) is 9.59 Å². The second kappa shape index (κ2) is 8.88. The molecular formula is C24H23BrN4O3. The van der Waals surface area contributed by atoms with E-state index in [0.29, 0.717) is 24.5 Å². The smallest absolute Gasteiger partial charge is 0.265 e. The van der Waals surface area contributed by atoms with Crippen LogP contribution in [-0.4, -0.2) is 65.9 Å². The van der Waals surface area contributed by atoms with Crippen molar-refractivity contribution in [2.45, 2.75) is 6.54 Å². The van der Waals surface area contributed by atoms with Crippen molar-refractivity contribution in [1.29, 1.82) is 0 Å². The van der Waals surface area contributed by atoms with E-state index in [1.54, 1.807) is 6.07 Å². The van der Waals surface area contributed by atoms with Crippen molar-refractivity contribution >= 4 is 44.3 Å². The molecule has 0 aliphatic carbocycles. The number of nitrogens with zero attached hydrogens (tertiary/aromatic N) is 4. The molecule has 2 amide bonds. The number of halogens is 1. The molecule has 3 aromatic rings. The number of aromatic nitrogens is 1. The lowest BCUT2D eigenvalue weighted by atomic mass is 10.1. The summed E-state index contributed by atoms with van der Waals surface area (Å²) in [5.74, 6) is 0.371. The van der Waals surface area contributed by atoms with Crippen LogP contribution in [0.4, 0.5) is 5.69 Å². The van der Waals surface area contributed by atoms with Gasteiger partial charge in [0.15, 0.2) is 6.61 Å². The van der Waals surface area contributed by atoms with Crippen molar-refractivity contribution in [3.63, 3.8) is 0 Å². The summed E-state index contributed by atoms with van der Waals surface area (Å²) in [4.78, 5) is 35.7. The molecule has 2 aromatic carbocycles. The number of para-hydroxylation sites is 1. The predicted molar refractivity (Wildman–Crippen MR) is 126 cm³/mol. The molecule has 0 unspecified atom stereocenters. The summed E-state index contributed by atoms with van der Waals surface area (Å²) in [6, 6.07) is 15.8. The molecule has 0 atom stereocenters. The summed E-state index contributed by atoms with van der Waals surface area (Å²) in [7, 11) is 0. The third-order valence-corrected chi connectivity index (χ3v) is 6.49. The van der Waals surface area contributed by atoms with E-state index in [-0.39, 0.29) is 25.0 Å². The van der Waals surface area contributed by atoms with Crippen LogP contribution in [0.1, 0.15) is 5.56 Å². The van der Waals surface area contributed by atoms with Crippen molar-refractivity contribution in [1.82, 2.24) is 14.8 Å². The van der Waals surface area contributed by atoms with Crippen molar-refractivity contribution in [3.05, 3.63) is 64.8 Å². The Balaban J connectivity index is 1.21. The van der Waals surface area contributed by atoms with Gasteiger partial charge < -0.3 is 9.64 Å². The first-order valence-electron chi connectivity index (χ1n) is 10.6. The van der Waals surface area contributed by atoms with Crippen LogP contribution in [0.25, 0.3) is 10.9 Å². The van der Waals surface area contributed by atoms with Crippen molar-refractivity contribution in [2.75, 3.05) is 44.2 Å². The Kier molecular flexibility index (Phi) is 5.80. The third kappa shape index (κ3) is 4.20. The lowest BCUT2D eigenvalue weighted by Crippen LogP contribution is -2.52. The first-order valence-corrected chi connectivity index (χ1v) is 11.4. The fourth-order valence-corrected chi connectivity index (χ4v) is 4.62. The summed E-state index contributed by atoms with van der Waals surface area (Å²) in [5, 5.41) is 1.14. The molecule has 3 heterocycles. The van der Waals surface area contributed by atoms with Crippen LogP contribution in [0.15, 0.2) is 59.2 Å². The second-order valence-electron chi connectivity index (χ2n) is 8.03. The maximum atomic E-state index is 13.0. The molecule has 2 aliphatic rings. The number of piperazine rings is 1. The normalized spacial score (nSPS) is 16.7. The Morgan fingerprint density at radius 1 is 1.06 bits per heavy atom. The Bertz CT molecular complexity index is 1170. The number of carbonyl (C=O) groups excluding carboxylic acids is 2. The maximum Gasteiger partial charge on any atom is 0.265 e. The van der Waals surface area contributed by atoms with Gasteiger partial charge >= 0.3 is 0 Å². The number of ether oxygens (including phenoxy) is 1. The van der Waals surface area contributed by atoms with Gasteiger partial charge in [-0.15, -0.1) is 0 Å². The van der Waals surface area contributed by atoms with Gasteiger partial charge in [-0.3, -0.25) is 24.4 Å². The highest BCUT2D eigenvalue weighted by Crippen LogP contribution is 2.34. The molecule has 0 N–H and O–H groups in total. The summed E-state index contributed by atoms with van der Waals surface area (Å²) in [5.41, 5.74) is 2.87. The van der Waals surface area contributed by atoms with Crippen molar-refractivity contribution in [2.24, 2.45) is 0 Å². The Morgan fingerprint density at radius 2 is 1.88 bits per heavy atom. The van der Waals surface area contributed by atoms with Gasteiger partial charge in [-0.25, -0.2) is 0 Å². The van der Waals surface area contributed by atoms with Gasteiger partial charge in [0.25, 0.3) is 5.91 Å². The zero-order valence-electron chi connectivity index (χ0n) is 17.5. The Labute approximate surface area is 194 Å². The van der Waals surface area contributed by atoms with Crippen LogP contribution >= 0.6 is 15.9 Å². The van der Waals surface area contributed by atoms with E-state index in [1.807, 2.05) is 29.3 Å². The highest BCUT2D eigenvalue weighted by Gasteiger charge is 2.30. The average molecular weight is 495 g/mol. The molecule has 1 aromatic heterocycles. The number of hydrogen-bond donors (Lipinski definition) is 0. The van der Waals surface area contributed by atoms with E-state index >= 15 is 0 Å². The largest absolute Gasteiger partial charge is 0.482 e. The Morgan fingerprint density at radius 3 is 2.72 bits per heavy atom. The highest BCUT2D eigenvalue weighted by atomic mass is 79.9. The van der Waals surface area contributed by atoms with Crippen LogP contribution in [0, 0.1) is 0 Å². The van der Waals surface area contributed by atoms with Crippen LogP contribution in [-0.2, 0) is 16.1 Å². The van der Waals surface area contributed by atoms with Crippen molar-refractivity contribution < 1.29 is 14.3 Å². The van der Waals surface area contributed by atoms with E-state index in [2.05, 4.69) is 50.1 Å². The molecule has 0 saturated carbocycles. The molecular weight excluding hydrogens is 472 g/mol. The summed E-state index contributed by atoms with van der Waals surface area (Å²) in [6.07, 6.45) is 1.83. The van der Waals surface area contributed by atoms with Gasteiger partial charge in [-0.1, -0.05) is 40.2 Å². The first kappa shape index (κ1) is 20.9. The minimum absolute atomic E-state index is 0.0318. The molecule has 0 bridgehead atoms. The van der Waals surface area contributed by atoms with E-state index < -0.39 is 0 Å². The van der Waals surface area contributed by atoms with E-state index in [0.717, 1.165) is 35.0 Å². The number of anilines is 1. The molecule has 164 valence electrons. The quantitative estimate of drug-likeness (QED) is 0.557. The minimum Gasteiger partial charge on any atom is -0.482 e. The number of benzene rings is 2. The number of pyridine rings is 1. The number of hydrogen-bond acceptors (Lipinski definition) is 5. The van der Waals surface area contributed by atoms with Gasteiger partial charge in [-0.2, -0.15) is 0 Å². The van der Waals surface area contributed by atoms with Crippen LogP contribution < -0.4 is 9.64 Å². The molecule has 0 spiro atoms. The molecule has 7 nitrogen and oxygen atoms in total. The molecule has 0 radical (unpaired) electrons. The zero-order valence-corrected chi connectivity index (χ0v) is 19.1. The maximum absolute atomic E-state index is 13.0. The minimum atomic E-state index is -0.199. The number of carbonyl (C=O) groups is 2. The number of amides is 2. The predicted octanol–water partition coefficient (Wildman–Crippen LogP) is 3.07. The van der Waals surface area contributed by atoms with Gasteiger partial charge in [0.05, 0.1) is 11.2 Å². The highest BCUT2D eigenvalue weighted by molar-refractivity contribution is 9.10. The van der Waals surface area contributed by atoms with Gasteiger partial charge in [0.2, 0.25) is 5.91 Å². The van der Waals surface area contributed by atoms with Gasteiger partial charge in [0, 0.05) is 48.8 Å². The summed E-state index contributed by atoms with van der Waals surface area (Å²) < 4.78 is 6.39. The summed E-state index contributed by atoms with van der Waals surface area (Å²) >= 11 is 3.41. The van der Waals surface area contributed by atoms with E-state index in [4.69, 9.17) is 4.74 Å². The standard InChI is InChI=1S/C24H23BrN4O3/c25-19-6-7-20-21(13-19)32-16-23(31)29(20)15-22(30)28-11-9-27(10-12-28)14-18-4-1-3-17-5-2-8-26-24(17)18/h1-8,13H,9-12,14-16H2. The van der Waals surface area contributed by atoms with E-state index in [1.165, 1.54) is 10.5 Å². The number of fused-ring (bicyclic) bond motifs is 2. The van der Waals surface area contributed by atoms with Crippen LogP contribution in [0.3, 0.4) is 0 Å². The lowest BCUT2D eigenvalue weighted by molar-refractivity contribution is -0.133. The fourth-order valence-electron chi connectivity index (χ4n) is 4.28. The SMILES string of the molecule is O=C(CN1C(=O)COc2cc(Br)ccc21)N1CCN(Cc2cccc3cccnc23)CC1. The average Bonchev–Trinajstić information content (AvgIpc) is 2.81. The van der Waals surface area contributed by atoms with Crippen LogP contribution in [0.5, 0.6) is 5.75 Å². The van der Waals surface area contributed by atoms with Gasteiger partial charge in [0.1, 0.15) is 12.3 Å². The monoisotopic (exact) mass is 494 g/mol. The van der Waals surface area contributed by atoms with Gasteiger partial charge in [-0.05, 0) is 29.8 Å². The fraction of sp³-hybridized carbons (Fsp3) is 0.292. The zero-order chi connectivity index (χ0) is 22.1. The molecule has 5 rings (SSSR count). The molecule has 1 fully saturated rings. The molecule has 32 heavy (non-hydrogen) atoms. The summed E-state index contributed by atoms with van der Waals surface area (Å²) in [6.45, 7) is 3.64. The van der Waals surface area contributed by atoms with Crippen LogP contribution in [0.2, 0.25) is 0 Å². The number of rotatable bonds is 4. The Hall–Kier alpha value is -2.97.